The van der Waals surface area contributed by atoms with Crippen molar-refractivity contribution >= 4 is 149 Å². The Morgan fingerprint density at radius 1 is 0.478 bits per heavy atom. The van der Waals surface area contributed by atoms with Crippen molar-refractivity contribution in [2.24, 2.45) is 51.2 Å². The van der Waals surface area contributed by atoms with E-state index < -0.39 is 223 Å². The molecule has 1 aliphatic rings. The van der Waals surface area contributed by atoms with E-state index in [4.69, 9.17) is 34.4 Å². The quantitative estimate of drug-likeness (QED) is 0.0116. The second-order valence-electron chi connectivity index (χ2n) is 27.6. The number of carboxylic acids is 3. The summed E-state index contributed by atoms with van der Waals surface area (Å²) in [5.41, 5.74) is 33.4. The minimum Gasteiger partial charge on any atom is -0.481 e. The van der Waals surface area contributed by atoms with Crippen LogP contribution in [0.15, 0.2) is 4.99 Å². The van der Waals surface area contributed by atoms with Gasteiger partial charge in [0.2, 0.25) is 88.6 Å². The summed E-state index contributed by atoms with van der Waals surface area (Å²) < 4.78 is 0. The fourth-order valence-electron chi connectivity index (χ4n) is 11.2. The third-order valence-corrected chi connectivity index (χ3v) is 19.1. The van der Waals surface area contributed by atoms with Gasteiger partial charge in [0.25, 0.3) is 0 Å². The number of likely N-dealkylation sites (tertiary alicyclic amines) is 1. The minimum absolute atomic E-state index is 0.0110. The fraction of sp³-hybridized carbons (Fsp3) is 0.721. The molecule has 0 saturated carbocycles. The average Bonchev–Trinajstić information content (AvgIpc) is 1.75. The van der Waals surface area contributed by atoms with Gasteiger partial charge in [-0.1, -0.05) is 27.7 Å². The van der Waals surface area contributed by atoms with Crippen LogP contribution in [0.3, 0.4) is 0 Å². The molecule has 45 heteroatoms. The zero-order valence-corrected chi connectivity index (χ0v) is 67.6. The van der Waals surface area contributed by atoms with Crippen molar-refractivity contribution in [3.05, 3.63) is 0 Å². The predicted molar refractivity (Wildman–Crippen MR) is 421 cm³/mol. The molecule has 1 saturated heterocycles. The lowest BCUT2D eigenvalue weighted by Crippen LogP contribution is -2.60. The fourth-order valence-corrected chi connectivity index (χ4v) is 12.3. The Kier molecular flexibility index (Phi) is 49.6. The molecule has 113 heavy (non-hydrogen) atoms. The van der Waals surface area contributed by atoms with Crippen molar-refractivity contribution in [1.29, 1.82) is 0 Å². The highest BCUT2D eigenvalue weighted by atomic mass is 32.2. The number of thioether (sulfide) groups is 2. The van der Waals surface area contributed by atoms with Gasteiger partial charge in [-0.15, -0.1) is 0 Å². The number of thiol groups is 1. The maximum atomic E-state index is 14.3. The maximum Gasteiger partial charge on any atom is 0.326 e. The monoisotopic (exact) mass is 1660 g/mol. The summed E-state index contributed by atoms with van der Waals surface area (Å²) in [6.45, 7) is 6.55. The molecule has 640 valence electrons. The van der Waals surface area contributed by atoms with E-state index in [-0.39, 0.29) is 120 Å². The number of carbonyl (C=O) groups excluding carboxylic acids is 15. The van der Waals surface area contributed by atoms with Gasteiger partial charge in [0, 0.05) is 31.7 Å². The van der Waals surface area contributed by atoms with E-state index in [1.54, 1.807) is 40.2 Å². The number of aliphatic carboxylic acids is 3. The summed E-state index contributed by atoms with van der Waals surface area (Å²) in [6, 6.07) is -18.4. The first-order valence-electron chi connectivity index (χ1n) is 37.2. The molecular weight excluding hydrogens is 1540 g/mol. The van der Waals surface area contributed by atoms with Gasteiger partial charge >= 0.3 is 17.9 Å². The molecule has 0 bridgehead atoms. The van der Waals surface area contributed by atoms with E-state index in [2.05, 4.69) is 86.7 Å². The number of nitrogens with two attached hydrogens (primary N) is 6. The van der Waals surface area contributed by atoms with Crippen molar-refractivity contribution in [1.82, 2.24) is 74.0 Å². The molecule has 1 heterocycles. The summed E-state index contributed by atoms with van der Waals surface area (Å²) in [6.07, 6.45) is 2.26. The first-order chi connectivity index (χ1) is 53.2. The van der Waals surface area contributed by atoms with Crippen LogP contribution in [0, 0.1) is 11.8 Å². The molecule has 0 aromatic heterocycles. The van der Waals surface area contributed by atoms with Crippen LogP contribution in [-0.2, 0) is 86.3 Å². The SMILES string of the molecule is CSCC[C@H](NC(=O)[C@H](CCCN=C(N)N)NC(=O)[C@H](CC(=O)O)NC(=O)CNC(=O)[C@H](CCCCN)NC(=O)[C@H](CCC(N)=O)NC(=O)[C@@H](N)CS)C(=O)N[C@H](C(=O)N[C@@H](C)C(=O)NCC(=O)N[C@@H](CC(C)C)C(=O)N[C@@H](CCC(=O)O)C(=O)N[C@@H](CCCCN)C(=O)N[C@@H](CCSC)C(=O)N1CCC[C@H]1C(=O)O)C(C)C. The average molecular weight is 1660 g/mol. The normalized spacial score (nSPS) is 15.6. The van der Waals surface area contributed by atoms with Gasteiger partial charge < -0.3 is 124 Å². The van der Waals surface area contributed by atoms with Gasteiger partial charge in [0.15, 0.2) is 5.96 Å². The van der Waals surface area contributed by atoms with Crippen LogP contribution in [0.4, 0.5) is 0 Å². The Labute approximate surface area is 670 Å². The molecule has 0 spiro atoms. The smallest absolute Gasteiger partial charge is 0.326 e. The summed E-state index contributed by atoms with van der Waals surface area (Å²) in [7, 11) is 0. The number of unbranched alkanes of at least 4 members (excludes halogenated alkanes) is 2. The first-order valence-corrected chi connectivity index (χ1v) is 40.6. The van der Waals surface area contributed by atoms with Gasteiger partial charge in [0.1, 0.15) is 72.5 Å². The summed E-state index contributed by atoms with van der Waals surface area (Å²) in [5.74, 6) is -18.8. The molecule has 0 aromatic carbocycles. The van der Waals surface area contributed by atoms with Gasteiger partial charge in [-0.05, 0) is 152 Å². The van der Waals surface area contributed by atoms with E-state index in [0.717, 1.165) is 0 Å². The number of nitrogens with zero attached hydrogens (tertiary/aromatic N) is 2. The molecule has 0 unspecified atom stereocenters. The Morgan fingerprint density at radius 3 is 1.35 bits per heavy atom. The molecule has 1 fully saturated rings. The number of nitrogens with one attached hydrogen (secondary N) is 13. The number of guanidine groups is 1. The van der Waals surface area contributed by atoms with Crippen molar-refractivity contribution in [2.75, 3.05) is 69.0 Å². The van der Waals surface area contributed by atoms with Crippen molar-refractivity contribution < 1.29 is 102 Å². The van der Waals surface area contributed by atoms with E-state index >= 15 is 0 Å². The highest BCUT2D eigenvalue weighted by Gasteiger charge is 2.40. The third kappa shape index (κ3) is 40.8. The molecule has 42 nitrogen and oxygen atoms in total. The molecule has 0 aliphatic carbocycles. The standard InChI is InChI=1S/C68H119N21O21S3/c1-35(2)30-46(63(105)85-43(19-21-52(93)94)61(103)83-40(15-9-11-25-70)59(101)87-45(23-29-113-7)66(108)89-27-13-17-48(89)67(109)110)79-50(91)32-76-55(97)37(5)78-65(107)54(36(3)4)88-62(104)44(22-28-112-6)86-58(100)41(16-12-26-75-68(73)74)84-64(106)47(31-53(95)96)80-51(92)33-77-57(99)39(14-8-10-24-69)82-60(102)42(18-20-49(72)90)81-56(98)38(71)34-111/h35-48,54,111H,8-34,69-71H2,1-7H3,(H2,72,90)(H,76,97)(H,77,99)(H,78,107)(H,79,91)(H,80,92)(H,81,98)(H,82,102)(H,83,103)(H,84,106)(H,85,105)(H,86,100)(H,87,101)(H,88,104)(H,93,94)(H,95,96)(H,109,110)(H4,73,74,75)/t37-,38-,39-,40-,41-,42-,43-,44-,45-,46-,47-,48-,54-/m0/s1. The van der Waals surface area contributed by atoms with E-state index in [1.165, 1.54) is 35.3 Å². The number of amides is 15. The summed E-state index contributed by atoms with van der Waals surface area (Å²) >= 11 is 6.62. The molecule has 15 amide bonds. The van der Waals surface area contributed by atoms with Crippen LogP contribution in [0.25, 0.3) is 0 Å². The number of rotatable bonds is 58. The summed E-state index contributed by atoms with van der Waals surface area (Å²) in [4.78, 5) is 246. The molecule has 0 radical (unpaired) electrons. The van der Waals surface area contributed by atoms with Crippen LogP contribution < -0.4 is 104 Å². The van der Waals surface area contributed by atoms with Crippen LogP contribution in [0.1, 0.15) is 150 Å². The Bertz CT molecular complexity index is 3250. The van der Waals surface area contributed by atoms with Crippen molar-refractivity contribution in [2.45, 2.75) is 229 Å². The number of carbonyl (C=O) groups is 18. The van der Waals surface area contributed by atoms with Crippen LogP contribution >= 0.6 is 36.2 Å². The van der Waals surface area contributed by atoms with Crippen LogP contribution in [0.5, 0.6) is 0 Å². The Hall–Kier alpha value is -9.34. The van der Waals surface area contributed by atoms with Crippen molar-refractivity contribution in [3.63, 3.8) is 0 Å². The highest BCUT2D eigenvalue weighted by molar-refractivity contribution is 7.98. The zero-order chi connectivity index (χ0) is 85.6. The zero-order valence-electron chi connectivity index (χ0n) is 65.1. The number of aliphatic imine (C=N–C) groups is 1. The van der Waals surface area contributed by atoms with Crippen LogP contribution in [-0.4, -0.2) is 280 Å². The second-order valence-corrected chi connectivity index (χ2v) is 30.0. The lowest BCUT2D eigenvalue weighted by molar-refractivity contribution is -0.149. The molecule has 28 N–H and O–H groups in total. The van der Waals surface area contributed by atoms with Gasteiger partial charge in [-0.3, -0.25) is 86.5 Å². The molecule has 1 aliphatic heterocycles. The minimum atomic E-state index is -1.92. The number of hydrogen-bond acceptors (Lipinski definition) is 25. The Morgan fingerprint density at radius 2 is 0.903 bits per heavy atom. The highest BCUT2D eigenvalue weighted by Crippen LogP contribution is 2.21. The molecule has 0 aromatic rings. The lowest BCUT2D eigenvalue weighted by atomic mass is 10.0. The van der Waals surface area contributed by atoms with Gasteiger partial charge in [-0.25, -0.2) is 4.79 Å². The van der Waals surface area contributed by atoms with E-state index in [1.807, 2.05) is 0 Å². The topological polar surface area (TPSA) is 696 Å². The number of carboxylic acid groups (broad SMARTS) is 3. The van der Waals surface area contributed by atoms with Crippen LogP contribution in [0.2, 0.25) is 0 Å². The first kappa shape index (κ1) is 102. The predicted octanol–water partition coefficient (Wildman–Crippen LogP) is -6.97. The maximum absolute atomic E-state index is 14.3. The second kappa shape index (κ2) is 55.2. The Balaban J connectivity index is 3.38. The van der Waals surface area contributed by atoms with E-state index in [0.29, 0.717) is 31.4 Å². The van der Waals surface area contributed by atoms with Gasteiger partial charge in [-0.2, -0.15) is 36.2 Å². The molecular formula is C68H119N21O21S3. The lowest BCUT2D eigenvalue weighted by Gasteiger charge is -2.29. The number of hydrogen-bond donors (Lipinski definition) is 23. The summed E-state index contributed by atoms with van der Waals surface area (Å²) in [5, 5.41) is 61.3. The van der Waals surface area contributed by atoms with Crippen molar-refractivity contribution in [3.8, 4) is 0 Å². The molecule has 13 atom stereocenters. The molecule has 1 rings (SSSR count). The van der Waals surface area contributed by atoms with Gasteiger partial charge in [0.05, 0.1) is 25.6 Å². The van der Waals surface area contributed by atoms with E-state index in [9.17, 15) is 102 Å². The largest absolute Gasteiger partial charge is 0.481 e. The third-order valence-electron chi connectivity index (χ3n) is 17.4. The number of primary amides is 1.